The molecule has 11 heteroatoms. The number of hydrogen-bond acceptors (Lipinski definition) is 8. The monoisotopic (exact) mass is 417 g/mol. The highest BCUT2D eigenvalue weighted by Gasteiger charge is 2.45. The summed E-state index contributed by atoms with van der Waals surface area (Å²) in [6, 6.07) is -2.47. The molecule has 1 aliphatic heterocycles. The molecule has 0 spiro atoms. The predicted molar refractivity (Wildman–Crippen MR) is 102 cm³/mol. The number of hydrogen-bond donors (Lipinski definition) is 5. The SMILES string of the molecule is CC(=O)N[C@H]1[C@H]([C@H](OC(=O)N(C(C)C)C(C)C)[C@H](O)CO)OC(C(=O)O)=C[C@@H]1N. The number of nitrogens with one attached hydrogen (secondary N) is 1. The minimum atomic E-state index is -1.61. The van der Waals surface area contributed by atoms with Crippen LogP contribution in [0.5, 0.6) is 0 Å². The van der Waals surface area contributed by atoms with E-state index in [0.717, 1.165) is 6.08 Å². The van der Waals surface area contributed by atoms with E-state index in [1.54, 1.807) is 27.7 Å². The van der Waals surface area contributed by atoms with Gasteiger partial charge in [0.25, 0.3) is 0 Å². The van der Waals surface area contributed by atoms with Gasteiger partial charge in [-0.3, -0.25) is 4.79 Å². The van der Waals surface area contributed by atoms with Gasteiger partial charge in [0, 0.05) is 19.0 Å². The molecule has 0 aromatic carbocycles. The van der Waals surface area contributed by atoms with E-state index in [1.165, 1.54) is 11.8 Å². The molecule has 0 aromatic heterocycles. The summed E-state index contributed by atoms with van der Waals surface area (Å²) < 4.78 is 10.9. The van der Waals surface area contributed by atoms with Gasteiger partial charge in [0.05, 0.1) is 18.7 Å². The number of amides is 2. The van der Waals surface area contributed by atoms with Gasteiger partial charge in [0.2, 0.25) is 11.7 Å². The van der Waals surface area contributed by atoms with Crippen LogP contribution in [0.25, 0.3) is 0 Å². The van der Waals surface area contributed by atoms with Gasteiger partial charge in [0.15, 0.2) is 12.2 Å². The van der Waals surface area contributed by atoms with Crippen LogP contribution in [0.1, 0.15) is 34.6 Å². The van der Waals surface area contributed by atoms with Crippen LogP contribution in [0.3, 0.4) is 0 Å². The minimum Gasteiger partial charge on any atom is -0.477 e. The van der Waals surface area contributed by atoms with Gasteiger partial charge in [-0.15, -0.1) is 0 Å². The summed E-state index contributed by atoms with van der Waals surface area (Å²) >= 11 is 0. The Kier molecular flexibility index (Phi) is 8.86. The fraction of sp³-hybridized carbons (Fsp3) is 0.722. The number of aliphatic carboxylic acids is 1. The molecule has 11 nitrogen and oxygen atoms in total. The molecule has 2 amide bonds. The van der Waals surface area contributed by atoms with Crippen LogP contribution in [-0.4, -0.2) is 87.3 Å². The first-order chi connectivity index (χ1) is 13.4. The number of carbonyl (C=O) groups is 3. The third-order valence-corrected chi connectivity index (χ3v) is 4.41. The van der Waals surface area contributed by atoms with Crippen LogP contribution < -0.4 is 11.1 Å². The fourth-order valence-corrected chi connectivity index (χ4v) is 3.23. The van der Waals surface area contributed by atoms with Crippen LogP contribution in [-0.2, 0) is 19.1 Å². The van der Waals surface area contributed by atoms with Crippen molar-refractivity contribution in [1.82, 2.24) is 10.2 Å². The molecule has 29 heavy (non-hydrogen) atoms. The Morgan fingerprint density at radius 2 is 1.83 bits per heavy atom. The van der Waals surface area contributed by atoms with Gasteiger partial charge in [-0.2, -0.15) is 0 Å². The van der Waals surface area contributed by atoms with Crippen molar-refractivity contribution < 1.29 is 39.2 Å². The van der Waals surface area contributed by atoms with E-state index in [4.69, 9.17) is 15.2 Å². The molecule has 5 atom stereocenters. The van der Waals surface area contributed by atoms with Crippen LogP contribution >= 0.6 is 0 Å². The lowest BCUT2D eigenvalue weighted by atomic mass is 9.92. The normalized spacial score (nSPS) is 23.7. The summed E-state index contributed by atoms with van der Waals surface area (Å²) in [5, 5.41) is 31.5. The van der Waals surface area contributed by atoms with E-state index in [2.05, 4.69) is 5.32 Å². The molecule has 0 radical (unpaired) electrons. The van der Waals surface area contributed by atoms with Crippen molar-refractivity contribution in [2.45, 2.75) is 77.1 Å². The first-order valence-electron chi connectivity index (χ1n) is 9.33. The number of aliphatic hydroxyl groups excluding tert-OH is 2. The van der Waals surface area contributed by atoms with Gasteiger partial charge < -0.3 is 40.7 Å². The highest BCUT2D eigenvalue weighted by Crippen LogP contribution is 2.25. The Balaban J connectivity index is 3.30. The molecular weight excluding hydrogens is 386 g/mol. The van der Waals surface area contributed by atoms with Gasteiger partial charge in [-0.1, -0.05) is 0 Å². The molecule has 0 fully saturated rings. The second-order valence-corrected chi connectivity index (χ2v) is 7.42. The summed E-state index contributed by atoms with van der Waals surface area (Å²) in [4.78, 5) is 37.1. The molecule has 1 heterocycles. The number of ether oxygens (including phenoxy) is 2. The predicted octanol–water partition coefficient (Wildman–Crippen LogP) is -0.837. The molecule has 0 aliphatic carbocycles. The third-order valence-electron chi connectivity index (χ3n) is 4.41. The number of aliphatic hydroxyl groups is 2. The second-order valence-electron chi connectivity index (χ2n) is 7.42. The van der Waals surface area contributed by atoms with Crippen LogP contribution in [0, 0.1) is 0 Å². The Bertz CT molecular complexity index is 629. The largest absolute Gasteiger partial charge is 0.477 e. The van der Waals surface area contributed by atoms with Crippen LogP contribution in [0.2, 0.25) is 0 Å². The summed E-state index contributed by atoms with van der Waals surface area (Å²) in [7, 11) is 0. The van der Waals surface area contributed by atoms with Crippen LogP contribution in [0.4, 0.5) is 4.79 Å². The summed E-state index contributed by atoms with van der Waals surface area (Å²) in [5.74, 6) is -2.41. The highest BCUT2D eigenvalue weighted by molar-refractivity contribution is 5.84. The number of carboxylic acid groups (broad SMARTS) is 1. The van der Waals surface area contributed by atoms with Gasteiger partial charge in [-0.05, 0) is 33.8 Å². The topological polar surface area (TPSA) is 172 Å². The van der Waals surface area contributed by atoms with Crippen molar-refractivity contribution >= 4 is 18.0 Å². The fourth-order valence-electron chi connectivity index (χ4n) is 3.23. The lowest BCUT2D eigenvalue weighted by molar-refractivity contribution is -0.147. The van der Waals surface area contributed by atoms with E-state index in [1.807, 2.05) is 0 Å². The average Bonchev–Trinajstić information content (AvgIpc) is 2.59. The molecule has 1 aliphatic rings. The smallest absolute Gasteiger partial charge is 0.410 e. The maximum Gasteiger partial charge on any atom is 0.410 e. The highest BCUT2D eigenvalue weighted by atomic mass is 16.6. The maximum absolute atomic E-state index is 12.7. The number of rotatable bonds is 8. The molecule has 0 unspecified atom stereocenters. The average molecular weight is 417 g/mol. The van der Waals surface area contributed by atoms with Crippen molar-refractivity contribution in [3.63, 3.8) is 0 Å². The summed E-state index contributed by atoms with van der Waals surface area (Å²) in [5.41, 5.74) is 5.98. The van der Waals surface area contributed by atoms with Crippen LogP contribution in [0.15, 0.2) is 11.8 Å². The third kappa shape index (κ3) is 6.31. The Morgan fingerprint density at radius 1 is 1.28 bits per heavy atom. The molecule has 166 valence electrons. The molecular formula is C18H31N3O8. The Labute approximate surface area is 169 Å². The number of nitrogens with two attached hydrogens (primary N) is 1. The zero-order chi connectivity index (χ0) is 22.5. The number of nitrogens with zero attached hydrogens (tertiary/aromatic N) is 1. The van der Waals surface area contributed by atoms with Crippen molar-refractivity contribution in [2.75, 3.05) is 6.61 Å². The van der Waals surface area contributed by atoms with E-state index >= 15 is 0 Å². The van der Waals surface area contributed by atoms with Crippen molar-refractivity contribution in [3.05, 3.63) is 11.8 Å². The van der Waals surface area contributed by atoms with Gasteiger partial charge >= 0.3 is 12.1 Å². The van der Waals surface area contributed by atoms with E-state index < -0.39 is 60.7 Å². The van der Waals surface area contributed by atoms with E-state index in [9.17, 15) is 29.7 Å². The zero-order valence-electron chi connectivity index (χ0n) is 17.2. The van der Waals surface area contributed by atoms with E-state index in [0.29, 0.717) is 0 Å². The molecule has 6 N–H and O–H groups in total. The minimum absolute atomic E-state index is 0.232. The molecule has 0 bridgehead atoms. The van der Waals surface area contributed by atoms with Crippen molar-refractivity contribution in [2.24, 2.45) is 5.73 Å². The summed E-state index contributed by atoms with van der Waals surface area (Å²) in [6.45, 7) is 7.53. The molecule has 0 aromatic rings. The number of carboxylic acids is 1. The first-order valence-corrected chi connectivity index (χ1v) is 9.33. The van der Waals surface area contributed by atoms with E-state index in [-0.39, 0.29) is 12.1 Å². The Hall–Kier alpha value is -2.37. The quantitative estimate of drug-likeness (QED) is 0.338. The van der Waals surface area contributed by atoms with Gasteiger partial charge in [0.1, 0.15) is 6.10 Å². The lowest BCUT2D eigenvalue weighted by Gasteiger charge is -2.41. The summed E-state index contributed by atoms with van der Waals surface area (Å²) in [6.07, 6.45) is -4.15. The first kappa shape index (κ1) is 24.7. The zero-order valence-corrected chi connectivity index (χ0v) is 17.2. The molecule has 0 saturated carbocycles. The maximum atomic E-state index is 12.7. The molecule has 0 saturated heterocycles. The number of carbonyl (C=O) groups excluding carboxylic acids is 2. The molecule has 1 rings (SSSR count). The Morgan fingerprint density at radius 3 is 2.24 bits per heavy atom. The second kappa shape index (κ2) is 10.4. The standard InChI is InChI=1S/C18H31N3O8/c1-8(2)21(9(3)4)18(27)29-15(12(24)7-22)16-14(20-10(5)23)11(19)6-13(28-16)17(25)26/h6,8-9,11-12,14-16,22,24H,7,19H2,1-5H3,(H,20,23)(H,25,26)/t11-,12+,14+,15+,16+/m0/s1. The van der Waals surface area contributed by atoms with Crippen molar-refractivity contribution in [3.8, 4) is 0 Å². The van der Waals surface area contributed by atoms with Crippen molar-refractivity contribution in [1.29, 1.82) is 0 Å². The lowest BCUT2D eigenvalue weighted by Crippen LogP contribution is -2.63. The van der Waals surface area contributed by atoms with Gasteiger partial charge in [-0.25, -0.2) is 9.59 Å².